The maximum Gasteiger partial charge on any atom is 0.291 e. The summed E-state index contributed by atoms with van der Waals surface area (Å²) in [6.07, 6.45) is 2.99. The zero-order chi connectivity index (χ0) is 20.4. The predicted molar refractivity (Wildman–Crippen MR) is 113 cm³/mol. The quantitative estimate of drug-likeness (QED) is 0.530. The average Bonchev–Trinajstić information content (AvgIpc) is 3.26. The zero-order valence-corrected chi connectivity index (χ0v) is 16.8. The summed E-state index contributed by atoms with van der Waals surface area (Å²) < 4.78 is 7.37. The largest absolute Gasteiger partial charge is 0.483 e. The van der Waals surface area contributed by atoms with Crippen LogP contribution in [0.25, 0.3) is 11.0 Å². The second kappa shape index (κ2) is 8.02. The van der Waals surface area contributed by atoms with Gasteiger partial charge >= 0.3 is 0 Å². The molecule has 0 unspecified atom stereocenters. The van der Waals surface area contributed by atoms with Gasteiger partial charge < -0.3 is 10.1 Å². The predicted octanol–water partition coefficient (Wildman–Crippen LogP) is 2.68. The Morgan fingerprint density at radius 1 is 1.31 bits per heavy atom. The van der Waals surface area contributed by atoms with E-state index < -0.39 is 0 Å². The fourth-order valence-corrected chi connectivity index (χ4v) is 3.78. The molecule has 0 spiro atoms. The van der Waals surface area contributed by atoms with Crippen LogP contribution in [0.3, 0.4) is 0 Å². The van der Waals surface area contributed by atoms with Crippen LogP contribution in [0.5, 0.6) is 5.75 Å². The lowest BCUT2D eigenvalue weighted by atomic mass is 10.2. The summed E-state index contributed by atoms with van der Waals surface area (Å²) in [5, 5.41) is 7.20. The third kappa shape index (κ3) is 4.13. The van der Waals surface area contributed by atoms with Crippen molar-refractivity contribution in [2.45, 2.75) is 6.92 Å². The van der Waals surface area contributed by atoms with E-state index in [1.54, 1.807) is 24.3 Å². The molecule has 0 fully saturated rings. The highest BCUT2D eigenvalue weighted by Crippen LogP contribution is 2.24. The van der Waals surface area contributed by atoms with Crippen molar-refractivity contribution >= 4 is 45.6 Å². The Hall–Kier alpha value is -3.23. The number of ether oxygens (including phenoxy) is 1. The van der Waals surface area contributed by atoms with Crippen LogP contribution in [0, 0.1) is 6.92 Å². The van der Waals surface area contributed by atoms with Gasteiger partial charge in [-0.05, 0) is 42.8 Å². The van der Waals surface area contributed by atoms with Gasteiger partial charge in [-0.15, -0.1) is 0 Å². The third-order valence-corrected chi connectivity index (χ3v) is 5.37. The molecule has 4 aromatic rings. The van der Waals surface area contributed by atoms with Gasteiger partial charge in [0.1, 0.15) is 12.1 Å². The number of halogens is 1. The van der Waals surface area contributed by atoms with Crippen LogP contribution in [0.15, 0.2) is 53.6 Å². The Balaban J connectivity index is 1.57. The SMILES string of the molecule is Cc1ccccc1NC(=O)COc1ccc(Cl)cc1/C=c1\sc2ncnn2c1=O. The highest BCUT2D eigenvalue weighted by atomic mass is 35.5. The minimum absolute atomic E-state index is 0.184. The first-order valence-corrected chi connectivity index (χ1v) is 9.83. The van der Waals surface area contributed by atoms with E-state index >= 15 is 0 Å². The van der Waals surface area contributed by atoms with Crippen LogP contribution in [-0.2, 0) is 4.79 Å². The number of anilines is 1. The lowest BCUT2D eigenvalue weighted by molar-refractivity contribution is -0.118. The van der Waals surface area contributed by atoms with Gasteiger partial charge in [-0.1, -0.05) is 41.1 Å². The number of carbonyl (C=O) groups is 1. The number of nitrogens with one attached hydrogen (secondary N) is 1. The Kier molecular flexibility index (Phi) is 5.28. The second-order valence-corrected chi connectivity index (χ2v) is 7.65. The molecule has 0 saturated carbocycles. The van der Waals surface area contributed by atoms with Crippen molar-refractivity contribution in [1.29, 1.82) is 0 Å². The molecule has 0 aliphatic carbocycles. The van der Waals surface area contributed by atoms with Gasteiger partial charge in [0, 0.05) is 16.3 Å². The van der Waals surface area contributed by atoms with E-state index in [4.69, 9.17) is 16.3 Å². The fourth-order valence-electron chi connectivity index (χ4n) is 2.72. The van der Waals surface area contributed by atoms with Crippen LogP contribution < -0.4 is 20.1 Å². The highest BCUT2D eigenvalue weighted by Gasteiger charge is 2.10. The molecule has 2 heterocycles. The minimum Gasteiger partial charge on any atom is -0.483 e. The van der Waals surface area contributed by atoms with Crippen molar-refractivity contribution in [3.8, 4) is 5.75 Å². The standard InChI is InChI=1S/C20H15ClN4O3S/c1-12-4-2-3-5-15(12)24-18(26)10-28-16-7-6-14(21)8-13(16)9-17-19(27)25-20(29-17)22-11-23-25/h2-9,11H,10H2,1H3,(H,24,26)/b17-9-. The first-order valence-electron chi connectivity index (χ1n) is 8.63. The van der Waals surface area contributed by atoms with Gasteiger partial charge in [0.15, 0.2) is 6.61 Å². The number of aromatic nitrogens is 3. The maximum absolute atomic E-state index is 12.4. The Labute approximate surface area is 174 Å². The molecule has 0 aliphatic rings. The van der Waals surface area contributed by atoms with Crippen molar-refractivity contribution in [2.75, 3.05) is 11.9 Å². The molecule has 0 bridgehead atoms. The molecule has 29 heavy (non-hydrogen) atoms. The van der Waals surface area contributed by atoms with E-state index in [9.17, 15) is 9.59 Å². The van der Waals surface area contributed by atoms with Gasteiger partial charge in [0.05, 0.1) is 4.53 Å². The van der Waals surface area contributed by atoms with E-state index in [2.05, 4.69) is 15.4 Å². The zero-order valence-electron chi connectivity index (χ0n) is 15.3. The smallest absolute Gasteiger partial charge is 0.291 e. The van der Waals surface area contributed by atoms with E-state index in [1.165, 1.54) is 22.2 Å². The molecular formula is C20H15ClN4O3S. The van der Waals surface area contributed by atoms with Crippen LogP contribution in [-0.4, -0.2) is 27.1 Å². The lowest BCUT2D eigenvalue weighted by Crippen LogP contribution is -2.24. The molecule has 146 valence electrons. The molecule has 0 radical (unpaired) electrons. The summed E-state index contributed by atoms with van der Waals surface area (Å²) in [5.74, 6) is 0.149. The van der Waals surface area contributed by atoms with E-state index in [1.807, 2.05) is 31.2 Å². The number of hydrogen-bond donors (Lipinski definition) is 1. The average molecular weight is 427 g/mol. The minimum atomic E-state index is -0.288. The molecule has 0 atom stereocenters. The van der Waals surface area contributed by atoms with E-state index in [0.717, 1.165) is 11.3 Å². The monoisotopic (exact) mass is 426 g/mol. The number of carbonyl (C=O) groups excluding carboxylic acids is 1. The summed E-state index contributed by atoms with van der Waals surface area (Å²) in [6, 6.07) is 12.5. The molecular weight excluding hydrogens is 412 g/mol. The van der Waals surface area contributed by atoms with Crippen LogP contribution in [0.1, 0.15) is 11.1 Å². The Morgan fingerprint density at radius 3 is 2.93 bits per heavy atom. The molecule has 0 aliphatic heterocycles. The van der Waals surface area contributed by atoms with Gasteiger partial charge in [0.25, 0.3) is 11.5 Å². The summed E-state index contributed by atoms with van der Waals surface area (Å²) in [7, 11) is 0. The number of thiazole rings is 1. The number of aryl methyl sites for hydroxylation is 1. The normalized spacial score (nSPS) is 11.7. The Bertz CT molecular complexity index is 1320. The van der Waals surface area contributed by atoms with Crippen LogP contribution in [0.2, 0.25) is 5.02 Å². The number of hydrogen-bond acceptors (Lipinski definition) is 6. The van der Waals surface area contributed by atoms with Gasteiger partial charge in [0.2, 0.25) is 4.96 Å². The van der Waals surface area contributed by atoms with Crippen molar-refractivity contribution in [3.05, 3.63) is 79.8 Å². The van der Waals surface area contributed by atoms with Crippen LogP contribution >= 0.6 is 22.9 Å². The van der Waals surface area contributed by atoms with Gasteiger partial charge in [-0.2, -0.15) is 9.61 Å². The van der Waals surface area contributed by atoms with Crippen molar-refractivity contribution < 1.29 is 9.53 Å². The van der Waals surface area contributed by atoms with E-state index in [0.29, 0.717) is 25.8 Å². The molecule has 2 aromatic carbocycles. The number of amides is 1. The summed E-state index contributed by atoms with van der Waals surface area (Å²) in [5.41, 5.74) is 2.00. The molecule has 0 saturated heterocycles. The third-order valence-electron chi connectivity index (χ3n) is 4.16. The molecule has 2 aromatic heterocycles. The molecule has 1 amide bonds. The van der Waals surface area contributed by atoms with Crippen molar-refractivity contribution in [2.24, 2.45) is 0 Å². The van der Waals surface area contributed by atoms with Gasteiger partial charge in [-0.3, -0.25) is 9.59 Å². The number of nitrogens with zero attached hydrogens (tertiary/aromatic N) is 3. The first-order chi connectivity index (χ1) is 14.0. The molecule has 4 rings (SSSR count). The lowest BCUT2D eigenvalue weighted by Gasteiger charge is -2.11. The number of fused-ring (bicyclic) bond motifs is 1. The summed E-state index contributed by atoms with van der Waals surface area (Å²) in [4.78, 5) is 29.2. The number of para-hydroxylation sites is 1. The second-order valence-electron chi connectivity index (χ2n) is 6.20. The van der Waals surface area contributed by atoms with E-state index in [-0.39, 0.29) is 18.1 Å². The Morgan fingerprint density at radius 2 is 2.14 bits per heavy atom. The maximum atomic E-state index is 12.4. The number of benzene rings is 2. The van der Waals surface area contributed by atoms with Crippen molar-refractivity contribution in [1.82, 2.24) is 14.6 Å². The van der Waals surface area contributed by atoms with Crippen molar-refractivity contribution in [3.63, 3.8) is 0 Å². The topological polar surface area (TPSA) is 85.6 Å². The first kappa shape index (κ1) is 19.1. The molecule has 9 heteroatoms. The fraction of sp³-hybridized carbons (Fsp3) is 0.100. The number of rotatable bonds is 5. The van der Waals surface area contributed by atoms with Gasteiger partial charge in [-0.25, -0.2) is 4.98 Å². The summed E-state index contributed by atoms with van der Waals surface area (Å²) in [6.45, 7) is 1.73. The summed E-state index contributed by atoms with van der Waals surface area (Å²) >= 11 is 7.32. The molecule has 1 N–H and O–H groups in total. The highest BCUT2D eigenvalue weighted by molar-refractivity contribution is 7.15. The van der Waals surface area contributed by atoms with Crippen LogP contribution in [0.4, 0.5) is 5.69 Å². The molecule has 7 nitrogen and oxygen atoms in total.